The summed E-state index contributed by atoms with van der Waals surface area (Å²) in [5.74, 6) is 0.624. The van der Waals surface area contributed by atoms with Crippen LogP contribution in [0.1, 0.15) is 0 Å². The van der Waals surface area contributed by atoms with Crippen molar-refractivity contribution in [1.29, 1.82) is 0 Å². The van der Waals surface area contributed by atoms with Crippen LogP contribution in [-0.2, 0) is 0 Å². The number of rotatable bonds is 7. The summed E-state index contributed by atoms with van der Waals surface area (Å²) in [6.45, 7) is 0. The highest BCUT2D eigenvalue weighted by Gasteiger charge is 2.21. The van der Waals surface area contributed by atoms with E-state index in [-0.39, 0.29) is 0 Å². The SMILES string of the molecule is c1ccc(-c2nc3c(ccc4cccc(-c5ccc(N(c6ccc7c8ccccc8n(-c8ccccc8)c7c6)c6ccccc6-c6ccccc6)cc5)c43)o2)cc1. The maximum atomic E-state index is 6.32. The maximum absolute atomic E-state index is 6.32. The topological polar surface area (TPSA) is 34.2 Å². The van der Waals surface area contributed by atoms with E-state index in [1.165, 1.54) is 16.3 Å². The van der Waals surface area contributed by atoms with E-state index in [2.05, 4.69) is 185 Å². The molecule has 0 saturated carbocycles. The predicted molar refractivity (Wildman–Crippen MR) is 237 cm³/mol. The lowest BCUT2D eigenvalue weighted by Crippen LogP contribution is -2.11. The van der Waals surface area contributed by atoms with Crippen LogP contribution in [0.25, 0.3) is 83.1 Å². The Balaban J connectivity index is 1.10. The van der Waals surface area contributed by atoms with E-state index in [4.69, 9.17) is 9.40 Å². The highest BCUT2D eigenvalue weighted by atomic mass is 16.3. The second kappa shape index (κ2) is 13.6. The Bertz CT molecular complexity index is 3220. The molecule has 4 nitrogen and oxygen atoms in total. The van der Waals surface area contributed by atoms with Crippen molar-refractivity contribution in [3.8, 4) is 39.4 Å². The molecule has 0 atom stereocenters. The number of anilines is 3. The molecule has 0 fully saturated rings. The van der Waals surface area contributed by atoms with Crippen LogP contribution in [0.2, 0.25) is 0 Å². The minimum Gasteiger partial charge on any atom is -0.436 e. The Kier molecular flexibility index (Phi) is 7.78. The van der Waals surface area contributed by atoms with E-state index in [0.717, 1.165) is 78.0 Å². The third-order valence-corrected chi connectivity index (χ3v) is 11.0. The van der Waals surface area contributed by atoms with Crippen molar-refractivity contribution >= 4 is 60.7 Å². The number of para-hydroxylation sites is 3. The molecule has 0 N–H and O–H groups in total. The highest BCUT2D eigenvalue weighted by molar-refractivity contribution is 6.12. The number of nitrogens with zero attached hydrogens (tertiary/aromatic N) is 3. The smallest absolute Gasteiger partial charge is 0.227 e. The van der Waals surface area contributed by atoms with E-state index >= 15 is 0 Å². The molecule has 0 unspecified atom stereocenters. The summed E-state index contributed by atoms with van der Waals surface area (Å²) in [6, 6.07) is 75.2. The van der Waals surface area contributed by atoms with Crippen LogP contribution in [0, 0.1) is 0 Å². The molecular formula is C53H35N3O. The second-order valence-corrected chi connectivity index (χ2v) is 14.4. The van der Waals surface area contributed by atoms with Crippen molar-refractivity contribution in [3.63, 3.8) is 0 Å². The van der Waals surface area contributed by atoms with Gasteiger partial charge in [0.15, 0.2) is 5.58 Å². The first-order chi connectivity index (χ1) is 28.3. The van der Waals surface area contributed by atoms with Gasteiger partial charge in [-0.05, 0) is 88.8 Å². The Morgan fingerprint density at radius 3 is 1.88 bits per heavy atom. The second-order valence-electron chi connectivity index (χ2n) is 14.4. The van der Waals surface area contributed by atoms with Crippen LogP contribution in [0.4, 0.5) is 17.1 Å². The summed E-state index contributed by atoms with van der Waals surface area (Å²) in [6.07, 6.45) is 0. The fraction of sp³-hybridized carbons (Fsp3) is 0. The van der Waals surface area contributed by atoms with Gasteiger partial charge in [-0.3, -0.25) is 0 Å². The first kappa shape index (κ1) is 32.7. The minimum atomic E-state index is 0.624. The molecule has 11 aromatic rings. The van der Waals surface area contributed by atoms with Crippen LogP contribution in [0.15, 0.2) is 217 Å². The van der Waals surface area contributed by atoms with Gasteiger partial charge in [-0.15, -0.1) is 0 Å². The predicted octanol–water partition coefficient (Wildman–Crippen LogP) is 14.5. The average Bonchev–Trinajstić information content (AvgIpc) is 3.87. The van der Waals surface area contributed by atoms with E-state index in [1.807, 2.05) is 36.4 Å². The van der Waals surface area contributed by atoms with Crippen molar-refractivity contribution in [2.75, 3.05) is 4.90 Å². The molecule has 0 bridgehead atoms. The first-order valence-corrected chi connectivity index (χ1v) is 19.3. The van der Waals surface area contributed by atoms with Crippen molar-refractivity contribution in [2.24, 2.45) is 0 Å². The maximum Gasteiger partial charge on any atom is 0.227 e. The standard InChI is InChI=1S/C53H35N3O/c1-4-15-36(16-5-1)43-22-10-12-25-47(43)55(42-32-33-46-45-23-11-13-26-48(45)56(49(46)35-42)40-20-8-3-9-21-40)41-30-27-37(28-31-41)44-24-14-19-38-29-34-50-52(51(38)44)54-53(57-50)39-17-6-2-7-18-39/h1-35H. The third-order valence-electron chi connectivity index (χ3n) is 11.0. The highest BCUT2D eigenvalue weighted by Crippen LogP contribution is 2.44. The zero-order valence-electron chi connectivity index (χ0n) is 31.0. The fourth-order valence-corrected chi connectivity index (χ4v) is 8.41. The van der Waals surface area contributed by atoms with Gasteiger partial charge in [0.1, 0.15) is 5.52 Å². The van der Waals surface area contributed by atoms with Crippen LogP contribution < -0.4 is 4.90 Å². The van der Waals surface area contributed by atoms with Gasteiger partial charge in [-0.2, -0.15) is 0 Å². The van der Waals surface area contributed by atoms with Crippen LogP contribution in [0.5, 0.6) is 0 Å². The average molecular weight is 730 g/mol. The molecule has 2 aromatic heterocycles. The lowest BCUT2D eigenvalue weighted by molar-refractivity contribution is 0.620. The zero-order valence-corrected chi connectivity index (χ0v) is 31.0. The summed E-state index contributed by atoms with van der Waals surface area (Å²) in [5.41, 5.74) is 13.8. The largest absolute Gasteiger partial charge is 0.436 e. The van der Waals surface area contributed by atoms with E-state index in [9.17, 15) is 0 Å². The number of aromatic nitrogens is 2. The van der Waals surface area contributed by atoms with Gasteiger partial charge in [0, 0.05) is 44.3 Å². The lowest BCUT2D eigenvalue weighted by Gasteiger charge is -2.28. The lowest BCUT2D eigenvalue weighted by atomic mass is 9.96. The van der Waals surface area contributed by atoms with Gasteiger partial charge < -0.3 is 13.9 Å². The van der Waals surface area contributed by atoms with Gasteiger partial charge >= 0.3 is 0 Å². The van der Waals surface area contributed by atoms with E-state index in [1.54, 1.807) is 0 Å². The Morgan fingerprint density at radius 2 is 1.07 bits per heavy atom. The molecule has 0 saturated heterocycles. The Morgan fingerprint density at radius 1 is 0.439 bits per heavy atom. The van der Waals surface area contributed by atoms with Gasteiger partial charge in [0.25, 0.3) is 0 Å². The number of hydrogen-bond donors (Lipinski definition) is 0. The van der Waals surface area contributed by atoms with Gasteiger partial charge in [0.05, 0.1) is 16.7 Å². The number of oxazole rings is 1. The van der Waals surface area contributed by atoms with Crippen molar-refractivity contribution in [2.45, 2.75) is 0 Å². The molecule has 57 heavy (non-hydrogen) atoms. The summed E-state index contributed by atoms with van der Waals surface area (Å²) in [5, 5.41) is 4.66. The third kappa shape index (κ3) is 5.58. The summed E-state index contributed by atoms with van der Waals surface area (Å²) in [4.78, 5) is 7.45. The van der Waals surface area contributed by atoms with Crippen molar-refractivity contribution < 1.29 is 4.42 Å². The quantitative estimate of drug-likeness (QED) is 0.164. The molecule has 0 aliphatic carbocycles. The molecule has 0 radical (unpaired) electrons. The first-order valence-electron chi connectivity index (χ1n) is 19.3. The molecule has 11 rings (SSSR count). The molecule has 9 aromatic carbocycles. The van der Waals surface area contributed by atoms with E-state index in [0.29, 0.717) is 5.89 Å². The summed E-state index contributed by atoms with van der Waals surface area (Å²) >= 11 is 0. The van der Waals surface area contributed by atoms with Crippen molar-refractivity contribution in [3.05, 3.63) is 212 Å². The Hall–Kier alpha value is -7.69. The van der Waals surface area contributed by atoms with Crippen LogP contribution >= 0.6 is 0 Å². The molecule has 0 aliphatic heterocycles. The van der Waals surface area contributed by atoms with Gasteiger partial charge in [-0.1, -0.05) is 146 Å². The minimum absolute atomic E-state index is 0.624. The summed E-state index contributed by atoms with van der Waals surface area (Å²) < 4.78 is 8.70. The van der Waals surface area contributed by atoms with Crippen LogP contribution in [-0.4, -0.2) is 9.55 Å². The monoisotopic (exact) mass is 729 g/mol. The number of fused-ring (bicyclic) bond motifs is 6. The number of hydrogen-bond acceptors (Lipinski definition) is 3. The zero-order chi connectivity index (χ0) is 37.7. The van der Waals surface area contributed by atoms with Gasteiger partial charge in [-0.25, -0.2) is 4.98 Å². The van der Waals surface area contributed by atoms with Gasteiger partial charge in [0.2, 0.25) is 5.89 Å². The van der Waals surface area contributed by atoms with E-state index < -0.39 is 0 Å². The fourth-order valence-electron chi connectivity index (χ4n) is 8.41. The van der Waals surface area contributed by atoms with Crippen LogP contribution in [0.3, 0.4) is 0 Å². The molecule has 0 amide bonds. The normalized spacial score (nSPS) is 11.5. The molecule has 4 heteroatoms. The summed E-state index contributed by atoms with van der Waals surface area (Å²) in [7, 11) is 0. The molecular weight excluding hydrogens is 695 g/mol. The molecule has 0 aliphatic rings. The van der Waals surface area contributed by atoms with Crippen molar-refractivity contribution in [1.82, 2.24) is 9.55 Å². The molecule has 0 spiro atoms. The molecule has 2 heterocycles. The molecule has 268 valence electrons. The Labute approximate surface area is 330 Å². The number of benzene rings is 9.